The first-order chi connectivity index (χ1) is 9.89. The van der Waals surface area contributed by atoms with Crippen LogP contribution in [-0.2, 0) is 16.6 Å². The molecular formula is C14H17Cl2NO3S. The van der Waals surface area contributed by atoms with Gasteiger partial charge < -0.3 is 5.11 Å². The van der Waals surface area contributed by atoms with Crippen LogP contribution in [0.15, 0.2) is 17.0 Å². The Morgan fingerprint density at radius 1 is 1.29 bits per heavy atom. The van der Waals surface area contributed by atoms with E-state index in [1.165, 1.54) is 25.0 Å². The molecule has 0 amide bonds. The van der Waals surface area contributed by atoms with Crippen LogP contribution in [0, 0.1) is 11.3 Å². The molecule has 0 unspecified atom stereocenters. The average molecular weight is 350 g/mol. The summed E-state index contributed by atoms with van der Waals surface area (Å²) in [6.07, 6.45) is 4.60. The van der Waals surface area contributed by atoms with Crippen molar-refractivity contribution in [1.29, 1.82) is 0 Å². The Kier molecular flexibility index (Phi) is 3.99. The van der Waals surface area contributed by atoms with Crippen LogP contribution < -0.4 is 4.72 Å². The van der Waals surface area contributed by atoms with Crippen LogP contribution in [0.1, 0.15) is 31.2 Å². The van der Waals surface area contributed by atoms with Crippen molar-refractivity contribution in [3.63, 3.8) is 0 Å². The highest BCUT2D eigenvalue weighted by molar-refractivity contribution is 7.89. The maximum absolute atomic E-state index is 12.4. The van der Waals surface area contributed by atoms with E-state index in [1.807, 2.05) is 0 Å². The van der Waals surface area contributed by atoms with Gasteiger partial charge >= 0.3 is 0 Å². The molecule has 1 aromatic carbocycles. The summed E-state index contributed by atoms with van der Waals surface area (Å²) in [7, 11) is -3.69. The fraction of sp³-hybridized carbons (Fsp3) is 0.571. The number of sulfonamides is 1. The van der Waals surface area contributed by atoms with E-state index < -0.39 is 16.6 Å². The third-order valence-electron chi connectivity index (χ3n) is 4.55. The number of hydrogen-bond donors (Lipinski definition) is 2. The second-order valence-electron chi connectivity index (χ2n) is 5.96. The lowest BCUT2D eigenvalue weighted by Gasteiger charge is -2.16. The summed E-state index contributed by atoms with van der Waals surface area (Å²) in [5.41, 5.74) is 0.413. The van der Waals surface area contributed by atoms with E-state index in [9.17, 15) is 13.5 Å². The fourth-order valence-electron chi connectivity index (χ4n) is 2.83. The first kappa shape index (κ1) is 15.6. The van der Waals surface area contributed by atoms with Gasteiger partial charge in [-0.25, -0.2) is 13.1 Å². The maximum Gasteiger partial charge on any atom is 0.242 e. The van der Waals surface area contributed by atoms with Crippen molar-refractivity contribution < 1.29 is 13.5 Å². The van der Waals surface area contributed by atoms with Crippen LogP contribution in [-0.4, -0.2) is 20.1 Å². The summed E-state index contributed by atoms with van der Waals surface area (Å²) in [6.45, 7) is 0.0699. The third kappa shape index (κ3) is 2.94. The zero-order valence-electron chi connectivity index (χ0n) is 11.4. The number of nitrogens with one attached hydrogen (secondary N) is 1. The SMILES string of the molecule is O=S(=O)(NCC1(C2CC2)CC1)c1ccc(Cl)c(CO)c1Cl. The molecular weight excluding hydrogens is 333 g/mol. The van der Waals surface area contributed by atoms with Gasteiger partial charge in [0.2, 0.25) is 10.0 Å². The Balaban J connectivity index is 1.81. The fourth-order valence-corrected chi connectivity index (χ4v) is 4.86. The molecule has 4 nitrogen and oxygen atoms in total. The molecule has 3 rings (SSSR count). The van der Waals surface area contributed by atoms with Gasteiger partial charge in [-0.2, -0.15) is 0 Å². The number of benzene rings is 1. The van der Waals surface area contributed by atoms with E-state index in [-0.39, 0.29) is 25.9 Å². The number of aliphatic hydroxyl groups is 1. The molecule has 21 heavy (non-hydrogen) atoms. The largest absolute Gasteiger partial charge is 0.392 e. The van der Waals surface area contributed by atoms with Crippen molar-refractivity contribution >= 4 is 33.2 Å². The monoisotopic (exact) mass is 349 g/mol. The van der Waals surface area contributed by atoms with Crippen LogP contribution >= 0.6 is 23.2 Å². The molecule has 1 aromatic rings. The van der Waals surface area contributed by atoms with Crippen LogP contribution in [0.3, 0.4) is 0 Å². The lowest BCUT2D eigenvalue weighted by Crippen LogP contribution is -2.31. The van der Waals surface area contributed by atoms with Crippen LogP contribution in [0.2, 0.25) is 10.0 Å². The molecule has 2 fully saturated rings. The lowest BCUT2D eigenvalue weighted by molar-refractivity contribution is 0.281. The first-order valence-corrected chi connectivity index (χ1v) is 9.21. The minimum atomic E-state index is -3.69. The van der Waals surface area contributed by atoms with E-state index in [0.29, 0.717) is 12.5 Å². The highest BCUT2D eigenvalue weighted by Crippen LogP contribution is 2.60. The van der Waals surface area contributed by atoms with Crippen molar-refractivity contribution in [2.24, 2.45) is 11.3 Å². The summed E-state index contributed by atoms with van der Waals surface area (Å²) in [5.74, 6) is 0.675. The van der Waals surface area contributed by atoms with Gasteiger partial charge in [0, 0.05) is 17.1 Å². The van der Waals surface area contributed by atoms with Gasteiger partial charge in [0.1, 0.15) is 4.90 Å². The minimum absolute atomic E-state index is 0.00577. The topological polar surface area (TPSA) is 66.4 Å². The predicted octanol–water partition coefficient (Wildman–Crippen LogP) is 2.95. The van der Waals surface area contributed by atoms with Crippen LogP contribution in [0.5, 0.6) is 0 Å². The van der Waals surface area contributed by atoms with E-state index in [0.717, 1.165) is 12.8 Å². The maximum atomic E-state index is 12.4. The van der Waals surface area contributed by atoms with Crippen LogP contribution in [0.4, 0.5) is 0 Å². The summed E-state index contributed by atoms with van der Waals surface area (Å²) >= 11 is 12.0. The van der Waals surface area contributed by atoms with E-state index in [4.69, 9.17) is 23.2 Å². The van der Waals surface area contributed by atoms with Gasteiger partial charge in [-0.3, -0.25) is 0 Å². The lowest BCUT2D eigenvalue weighted by atomic mass is 10.0. The third-order valence-corrected chi connectivity index (χ3v) is 6.89. The quantitative estimate of drug-likeness (QED) is 0.829. The highest BCUT2D eigenvalue weighted by Gasteiger charge is 2.53. The van der Waals surface area contributed by atoms with E-state index >= 15 is 0 Å². The van der Waals surface area contributed by atoms with Crippen molar-refractivity contribution in [3.8, 4) is 0 Å². The van der Waals surface area contributed by atoms with Gasteiger partial charge in [-0.15, -0.1) is 0 Å². The van der Waals surface area contributed by atoms with Crippen LogP contribution in [0.25, 0.3) is 0 Å². The van der Waals surface area contributed by atoms with Gasteiger partial charge in [0.25, 0.3) is 0 Å². The van der Waals surface area contributed by atoms with Gasteiger partial charge in [-0.05, 0) is 49.1 Å². The molecule has 0 heterocycles. The Hall–Kier alpha value is -0.330. The average Bonchev–Trinajstić information content (AvgIpc) is 3.28. The Bertz CT molecular complexity index is 667. The molecule has 0 aliphatic heterocycles. The standard InChI is InChI=1S/C14H17Cl2NO3S/c15-11-3-4-12(13(16)10(11)7-18)21(19,20)17-8-14(5-6-14)9-1-2-9/h3-4,9,17-18H,1-2,5-8H2. The molecule has 2 aliphatic rings. The normalized spacial score (nSPS) is 20.5. The van der Waals surface area contributed by atoms with Gasteiger partial charge in [0.15, 0.2) is 0 Å². The molecule has 0 atom stereocenters. The second kappa shape index (κ2) is 5.39. The summed E-state index contributed by atoms with van der Waals surface area (Å²) in [6, 6.07) is 2.82. The molecule has 0 spiro atoms. The van der Waals surface area contributed by atoms with Gasteiger partial charge in [0.05, 0.1) is 11.6 Å². The second-order valence-corrected chi connectivity index (χ2v) is 8.48. The van der Waals surface area contributed by atoms with Crippen molar-refractivity contribution in [2.75, 3.05) is 6.54 Å². The van der Waals surface area contributed by atoms with E-state index in [2.05, 4.69) is 4.72 Å². The Labute approximate surface area is 134 Å². The molecule has 0 bridgehead atoms. The molecule has 0 radical (unpaired) electrons. The summed E-state index contributed by atoms with van der Waals surface area (Å²) < 4.78 is 27.5. The number of rotatable bonds is 6. The molecule has 0 aromatic heterocycles. The molecule has 2 saturated carbocycles. The molecule has 7 heteroatoms. The molecule has 116 valence electrons. The van der Waals surface area contributed by atoms with Gasteiger partial charge in [-0.1, -0.05) is 23.2 Å². The van der Waals surface area contributed by atoms with Crippen molar-refractivity contribution in [1.82, 2.24) is 4.72 Å². The minimum Gasteiger partial charge on any atom is -0.392 e. The van der Waals surface area contributed by atoms with Crippen molar-refractivity contribution in [2.45, 2.75) is 37.2 Å². The zero-order valence-corrected chi connectivity index (χ0v) is 13.7. The van der Waals surface area contributed by atoms with Crippen molar-refractivity contribution in [3.05, 3.63) is 27.7 Å². The Morgan fingerprint density at radius 3 is 2.48 bits per heavy atom. The zero-order chi connectivity index (χ0) is 15.3. The Morgan fingerprint density at radius 2 is 1.95 bits per heavy atom. The summed E-state index contributed by atoms with van der Waals surface area (Å²) in [5, 5.41) is 9.51. The molecule has 0 saturated heterocycles. The predicted molar refractivity (Wildman–Crippen MR) is 82.0 cm³/mol. The first-order valence-electron chi connectivity index (χ1n) is 6.97. The smallest absolute Gasteiger partial charge is 0.242 e. The molecule has 2 N–H and O–H groups in total. The number of hydrogen-bond acceptors (Lipinski definition) is 3. The highest BCUT2D eigenvalue weighted by atomic mass is 35.5. The van der Waals surface area contributed by atoms with E-state index in [1.54, 1.807) is 0 Å². The number of aliphatic hydroxyl groups excluding tert-OH is 1. The number of halogens is 2. The summed E-state index contributed by atoms with van der Waals surface area (Å²) in [4.78, 5) is -0.0239. The molecule has 2 aliphatic carbocycles.